The summed E-state index contributed by atoms with van der Waals surface area (Å²) in [6.07, 6.45) is 2.46. The van der Waals surface area contributed by atoms with Crippen molar-refractivity contribution < 1.29 is 4.79 Å². The Labute approximate surface area is 90.2 Å². The summed E-state index contributed by atoms with van der Waals surface area (Å²) in [5.41, 5.74) is 1.33. The monoisotopic (exact) mass is 201 g/mol. The Morgan fingerprint density at radius 2 is 2.13 bits per heavy atom. The van der Waals surface area contributed by atoms with Gasteiger partial charge in [0.05, 0.1) is 0 Å². The summed E-state index contributed by atoms with van der Waals surface area (Å²) >= 11 is 0. The fourth-order valence-corrected chi connectivity index (χ4v) is 2.09. The largest absolute Gasteiger partial charge is 0.339 e. The van der Waals surface area contributed by atoms with E-state index in [9.17, 15) is 4.79 Å². The van der Waals surface area contributed by atoms with Gasteiger partial charge in [-0.15, -0.1) is 0 Å². The van der Waals surface area contributed by atoms with Crippen LogP contribution in [-0.4, -0.2) is 23.9 Å². The maximum atomic E-state index is 11.4. The molecule has 1 fully saturated rings. The van der Waals surface area contributed by atoms with Crippen LogP contribution in [0.25, 0.3) is 0 Å². The third kappa shape index (κ3) is 2.09. The third-order valence-corrected chi connectivity index (χ3v) is 2.95. The standard InChI is InChI=1S/C13H15NO/c1-2-13(15)14-9-8-12(10-14)11-6-4-3-5-7-11/h2-7,12H,1,8-10H2/t12-/m1/s1. The molecule has 1 saturated heterocycles. The lowest BCUT2D eigenvalue weighted by atomic mass is 9.99. The highest BCUT2D eigenvalue weighted by Crippen LogP contribution is 2.26. The molecule has 15 heavy (non-hydrogen) atoms. The number of benzene rings is 1. The second-order valence-corrected chi connectivity index (χ2v) is 3.88. The molecule has 1 aromatic carbocycles. The average Bonchev–Trinajstić information content (AvgIpc) is 2.78. The zero-order valence-electron chi connectivity index (χ0n) is 8.73. The number of rotatable bonds is 2. The predicted octanol–water partition coefficient (Wildman–Crippen LogP) is 2.19. The number of hydrogen-bond donors (Lipinski definition) is 0. The van der Waals surface area contributed by atoms with E-state index in [0.29, 0.717) is 5.92 Å². The van der Waals surface area contributed by atoms with Crippen LogP contribution in [0.15, 0.2) is 43.0 Å². The number of carbonyl (C=O) groups excluding carboxylic acids is 1. The number of nitrogens with zero attached hydrogens (tertiary/aromatic N) is 1. The lowest BCUT2D eigenvalue weighted by molar-refractivity contribution is -0.125. The molecule has 1 amide bonds. The van der Waals surface area contributed by atoms with Crippen LogP contribution in [0.5, 0.6) is 0 Å². The number of carbonyl (C=O) groups is 1. The van der Waals surface area contributed by atoms with Crippen molar-refractivity contribution in [2.75, 3.05) is 13.1 Å². The Kier molecular flexibility index (Phi) is 2.86. The smallest absolute Gasteiger partial charge is 0.245 e. The minimum Gasteiger partial charge on any atom is -0.339 e. The molecule has 1 aromatic rings. The molecule has 78 valence electrons. The fraction of sp³-hybridized carbons (Fsp3) is 0.308. The van der Waals surface area contributed by atoms with Crippen LogP contribution in [0, 0.1) is 0 Å². The molecule has 2 rings (SSSR count). The molecule has 2 nitrogen and oxygen atoms in total. The molecular weight excluding hydrogens is 186 g/mol. The summed E-state index contributed by atoms with van der Waals surface area (Å²) in [6, 6.07) is 10.4. The van der Waals surface area contributed by atoms with Gasteiger partial charge >= 0.3 is 0 Å². The van der Waals surface area contributed by atoms with Gasteiger partial charge in [-0.1, -0.05) is 36.9 Å². The van der Waals surface area contributed by atoms with Crippen LogP contribution in [-0.2, 0) is 4.79 Å². The Bertz CT molecular complexity index is 358. The highest BCUT2D eigenvalue weighted by atomic mass is 16.2. The first-order valence-corrected chi connectivity index (χ1v) is 5.27. The topological polar surface area (TPSA) is 20.3 Å². The Morgan fingerprint density at radius 3 is 2.80 bits per heavy atom. The molecule has 0 saturated carbocycles. The van der Waals surface area contributed by atoms with E-state index in [1.165, 1.54) is 11.6 Å². The molecule has 2 heteroatoms. The van der Waals surface area contributed by atoms with Gasteiger partial charge in [-0.05, 0) is 18.1 Å². The van der Waals surface area contributed by atoms with E-state index in [-0.39, 0.29) is 5.91 Å². The molecular formula is C13H15NO. The molecule has 0 radical (unpaired) electrons. The Morgan fingerprint density at radius 1 is 1.40 bits per heavy atom. The minimum atomic E-state index is 0.0495. The van der Waals surface area contributed by atoms with Crippen molar-refractivity contribution >= 4 is 5.91 Å². The summed E-state index contributed by atoms with van der Waals surface area (Å²) in [5.74, 6) is 0.545. The fourth-order valence-electron chi connectivity index (χ4n) is 2.09. The highest BCUT2D eigenvalue weighted by molar-refractivity contribution is 5.87. The summed E-state index contributed by atoms with van der Waals surface area (Å²) in [5, 5.41) is 0. The molecule has 0 N–H and O–H groups in total. The number of hydrogen-bond acceptors (Lipinski definition) is 1. The zero-order valence-corrected chi connectivity index (χ0v) is 8.73. The van der Waals surface area contributed by atoms with Crippen LogP contribution in [0.2, 0.25) is 0 Å². The van der Waals surface area contributed by atoms with Crippen molar-refractivity contribution in [3.63, 3.8) is 0 Å². The maximum Gasteiger partial charge on any atom is 0.245 e. The average molecular weight is 201 g/mol. The van der Waals surface area contributed by atoms with Crippen molar-refractivity contribution in [3.8, 4) is 0 Å². The summed E-state index contributed by atoms with van der Waals surface area (Å²) in [7, 11) is 0. The van der Waals surface area contributed by atoms with E-state index in [1.54, 1.807) is 0 Å². The van der Waals surface area contributed by atoms with E-state index < -0.39 is 0 Å². The SMILES string of the molecule is C=CC(=O)N1CC[C@@H](c2ccccc2)C1. The first-order valence-electron chi connectivity index (χ1n) is 5.27. The summed E-state index contributed by atoms with van der Waals surface area (Å²) in [4.78, 5) is 13.3. The van der Waals surface area contributed by atoms with Gasteiger partial charge in [-0.3, -0.25) is 4.79 Å². The van der Waals surface area contributed by atoms with Crippen molar-refractivity contribution in [2.24, 2.45) is 0 Å². The first-order chi connectivity index (χ1) is 7.31. The van der Waals surface area contributed by atoms with Crippen LogP contribution in [0.1, 0.15) is 17.9 Å². The highest BCUT2D eigenvalue weighted by Gasteiger charge is 2.25. The molecule has 0 spiro atoms. The van der Waals surface area contributed by atoms with E-state index in [4.69, 9.17) is 0 Å². The molecule has 0 bridgehead atoms. The van der Waals surface area contributed by atoms with Crippen LogP contribution < -0.4 is 0 Å². The van der Waals surface area contributed by atoms with Crippen LogP contribution >= 0.6 is 0 Å². The van der Waals surface area contributed by atoms with Gasteiger partial charge < -0.3 is 4.90 Å². The number of amides is 1. The molecule has 1 atom stereocenters. The van der Waals surface area contributed by atoms with Gasteiger partial charge in [-0.25, -0.2) is 0 Å². The molecule has 0 aromatic heterocycles. The van der Waals surface area contributed by atoms with Gasteiger partial charge in [0.15, 0.2) is 0 Å². The quantitative estimate of drug-likeness (QED) is 0.672. The van der Waals surface area contributed by atoms with Crippen molar-refractivity contribution in [1.82, 2.24) is 4.90 Å². The second-order valence-electron chi connectivity index (χ2n) is 3.88. The van der Waals surface area contributed by atoms with Gasteiger partial charge in [0.1, 0.15) is 0 Å². The van der Waals surface area contributed by atoms with Crippen LogP contribution in [0.4, 0.5) is 0 Å². The Hall–Kier alpha value is -1.57. The maximum absolute atomic E-state index is 11.4. The first kappa shape index (κ1) is 9.97. The van der Waals surface area contributed by atoms with Crippen molar-refractivity contribution in [3.05, 3.63) is 48.6 Å². The van der Waals surface area contributed by atoms with Gasteiger partial charge in [0, 0.05) is 19.0 Å². The minimum absolute atomic E-state index is 0.0495. The normalized spacial score (nSPS) is 20.3. The molecule has 1 heterocycles. The van der Waals surface area contributed by atoms with Gasteiger partial charge in [-0.2, -0.15) is 0 Å². The van der Waals surface area contributed by atoms with E-state index >= 15 is 0 Å². The second kappa shape index (κ2) is 4.30. The van der Waals surface area contributed by atoms with E-state index in [0.717, 1.165) is 19.5 Å². The summed E-state index contributed by atoms with van der Waals surface area (Å²) in [6.45, 7) is 5.19. The summed E-state index contributed by atoms with van der Waals surface area (Å²) < 4.78 is 0. The molecule has 0 aliphatic carbocycles. The molecule has 1 aliphatic heterocycles. The molecule has 0 unspecified atom stereocenters. The number of likely N-dealkylation sites (tertiary alicyclic amines) is 1. The van der Waals surface area contributed by atoms with Crippen molar-refractivity contribution in [1.29, 1.82) is 0 Å². The zero-order chi connectivity index (χ0) is 10.7. The van der Waals surface area contributed by atoms with Crippen molar-refractivity contribution in [2.45, 2.75) is 12.3 Å². The van der Waals surface area contributed by atoms with E-state index in [1.807, 2.05) is 23.1 Å². The van der Waals surface area contributed by atoms with Gasteiger partial charge in [0.2, 0.25) is 5.91 Å². The third-order valence-electron chi connectivity index (χ3n) is 2.95. The van der Waals surface area contributed by atoms with E-state index in [2.05, 4.69) is 18.7 Å². The Balaban J connectivity index is 2.05. The van der Waals surface area contributed by atoms with Crippen LogP contribution in [0.3, 0.4) is 0 Å². The lowest BCUT2D eigenvalue weighted by Gasteiger charge is -2.14. The lowest BCUT2D eigenvalue weighted by Crippen LogP contribution is -2.26. The predicted molar refractivity (Wildman–Crippen MR) is 60.6 cm³/mol. The molecule has 1 aliphatic rings. The van der Waals surface area contributed by atoms with Gasteiger partial charge in [0.25, 0.3) is 0 Å².